The number of hydrogen-bond acceptors (Lipinski definition) is 8. The zero-order chi connectivity index (χ0) is 42.6. The van der Waals surface area contributed by atoms with Gasteiger partial charge < -0.3 is 25.2 Å². The molecule has 0 aliphatic heterocycles. The summed E-state index contributed by atoms with van der Waals surface area (Å²) in [4.78, 5) is 33.6. The van der Waals surface area contributed by atoms with Crippen LogP contribution in [0.15, 0.2) is 0 Å². The van der Waals surface area contributed by atoms with E-state index < -0.39 is 45.1 Å². The Balaban J connectivity index is 4.05. The molecule has 10 nitrogen and oxygen atoms in total. The molecule has 0 aromatic rings. The van der Waals surface area contributed by atoms with Crippen LogP contribution in [-0.4, -0.2) is 60.5 Å². The largest absolute Gasteiger partial charge is 0.480 e. The second-order valence-corrected chi connectivity index (χ2v) is 18.4. The molecule has 0 saturated carbocycles. The number of phosphoric acid groups is 1. The number of ether oxygens (including phenoxy) is 2. The van der Waals surface area contributed by atoms with Gasteiger partial charge in [0, 0.05) is 13.0 Å². The van der Waals surface area contributed by atoms with Gasteiger partial charge in [-0.2, -0.15) is 0 Å². The highest BCUT2D eigenvalue weighted by molar-refractivity contribution is 7.47. The summed E-state index contributed by atoms with van der Waals surface area (Å²) < 4.78 is 33.4. The molecule has 0 spiro atoms. The summed E-state index contributed by atoms with van der Waals surface area (Å²) in [5.41, 5.74) is 5.36. The SMILES string of the molecule is CCCCCCCCCCCCCCCCCCCCCCCCCC(=O)OC(COCCCCCCCCCCCCCCC)COP(=O)(O)OCC(N)C(=O)O. The molecule has 11 heteroatoms. The fourth-order valence-electron chi connectivity index (χ4n) is 7.31. The minimum absolute atomic E-state index is 0.0258. The number of esters is 1. The Labute approximate surface area is 357 Å². The minimum Gasteiger partial charge on any atom is -0.480 e. The maximum absolute atomic E-state index is 12.7. The summed E-state index contributed by atoms with van der Waals surface area (Å²) in [6.45, 7) is 3.94. The van der Waals surface area contributed by atoms with Crippen molar-refractivity contribution >= 4 is 19.8 Å². The summed E-state index contributed by atoms with van der Waals surface area (Å²) in [7, 11) is -4.61. The molecule has 0 aromatic heterocycles. The molecule has 0 saturated heterocycles. The molecular formula is C47H94NO9P. The Bertz CT molecular complexity index is 940. The lowest BCUT2D eigenvalue weighted by Gasteiger charge is -2.20. The molecule has 0 aliphatic carbocycles. The minimum atomic E-state index is -4.61. The van der Waals surface area contributed by atoms with Crippen LogP contribution >= 0.6 is 7.82 Å². The summed E-state index contributed by atoms with van der Waals surface area (Å²) in [5.74, 6) is -1.76. The van der Waals surface area contributed by atoms with Crippen molar-refractivity contribution in [1.29, 1.82) is 0 Å². The lowest BCUT2D eigenvalue weighted by atomic mass is 10.0. The van der Waals surface area contributed by atoms with Gasteiger partial charge in [0.05, 0.1) is 19.8 Å². The van der Waals surface area contributed by atoms with Crippen LogP contribution in [0.25, 0.3) is 0 Å². The number of carbonyl (C=O) groups is 2. The third-order valence-corrected chi connectivity index (χ3v) is 12.1. The van der Waals surface area contributed by atoms with Crippen LogP contribution in [-0.2, 0) is 32.7 Å². The highest BCUT2D eigenvalue weighted by Crippen LogP contribution is 2.43. The molecule has 0 amide bonds. The quantitative estimate of drug-likeness (QED) is 0.0306. The van der Waals surface area contributed by atoms with Gasteiger partial charge in [0.1, 0.15) is 12.1 Å². The van der Waals surface area contributed by atoms with Crippen LogP contribution in [0.5, 0.6) is 0 Å². The zero-order valence-corrected chi connectivity index (χ0v) is 38.8. The van der Waals surface area contributed by atoms with E-state index in [9.17, 15) is 19.0 Å². The number of carboxylic acid groups (broad SMARTS) is 1. The molecule has 346 valence electrons. The Morgan fingerprint density at radius 1 is 0.483 bits per heavy atom. The zero-order valence-electron chi connectivity index (χ0n) is 37.9. The average Bonchev–Trinajstić information content (AvgIpc) is 3.20. The smallest absolute Gasteiger partial charge is 0.472 e. The Kier molecular flexibility index (Phi) is 43.3. The van der Waals surface area contributed by atoms with E-state index in [1.807, 2.05) is 0 Å². The van der Waals surface area contributed by atoms with Crippen molar-refractivity contribution in [3.05, 3.63) is 0 Å². The van der Waals surface area contributed by atoms with Gasteiger partial charge in [-0.15, -0.1) is 0 Å². The second-order valence-electron chi connectivity index (χ2n) is 17.0. The Hall–Kier alpha value is -1.03. The van der Waals surface area contributed by atoms with Gasteiger partial charge in [-0.25, -0.2) is 4.57 Å². The van der Waals surface area contributed by atoms with E-state index in [1.54, 1.807) is 0 Å². The number of nitrogens with two attached hydrogens (primary N) is 1. The van der Waals surface area contributed by atoms with Crippen molar-refractivity contribution in [1.82, 2.24) is 0 Å². The van der Waals surface area contributed by atoms with Crippen molar-refractivity contribution in [3.63, 3.8) is 0 Å². The third kappa shape index (κ3) is 43.1. The first-order chi connectivity index (χ1) is 28.2. The van der Waals surface area contributed by atoms with Crippen molar-refractivity contribution in [2.45, 2.75) is 264 Å². The highest BCUT2D eigenvalue weighted by Gasteiger charge is 2.27. The van der Waals surface area contributed by atoms with E-state index in [0.29, 0.717) is 6.61 Å². The van der Waals surface area contributed by atoms with Crippen molar-refractivity contribution < 1.29 is 42.7 Å². The molecule has 3 unspecified atom stereocenters. The number of carboxylic acids is 1. The van der Waals surface area contributed by atoms with Gasteiger partial charge in [-0.05, 0) is 12.8 Å². The molecule has 4 N–H and O–H groups in total. The van der Waals surface area contributed by atoms with Gasteiger partial charge in [0.2, 0.25) is 0 Å². The van der Waals surface area contributed by atoms with Crippen molar-refractivity contribution in [3.8, 4) is 0 Å². The van der Waals surface area contributed by atoms with Gasteiger partial charge in [-0.1, -0.05) is 232 Å². The van der Waals surface area contributed by atoms with Crippen LogP contribution in [0, 0.1) is 0 Å². The van der Waals surface area contributed by atoms with E-state index in [1.165, 1.54) is 193 Å². The molecule has 0 aromatic carbocycles. The predicted molar refractivity (Wildman–Crippen MR) is 240 cm³/mol. The molecular weight excluding hydrogens is 753 g/mol. The maximum atomic E-state index is 12.7. The molecule has 58 heavy (non-hydrogen) atoms. The number of phosphoric ester groups is 1. The number of hydrogen-bond donors (Lipinski definition) is 3. The highest BCUT2D eigenvalue weighted by atomic mass is 31.2. The predicted octanol–water partition coefficient (Wildman–Crippen LogP) is 13.9. The van der Waals surface area contributed by atoms with Crippen LogP contribution in [0.4, 0.5) is 0 Å². The fraction of sp³-hybridized carbons (Fsp3) is 0.957. The number of rotatable bonds is 48. The fourth-order valence-corrected chi connectivity index (χ4v) is 8.09. The van der Waals surface area contributed by atoms with E-state index in [-0.39, 0.29) is 13.0 Å². The summed E-state index contributed by atoms with van der Waals surface area (Å²) in [5, 5.41) is 8.91. The number of carbonyl (C=O) groups excluding carboxylic acids is 1. The average molecular weight is 848 g/mol. The third-order valence-electron chi connectivity index (χ3n) is 11.1. The second kappa shape index (κ2) is 44.0. The monoisotopic (exact) mass is 848 g/mol. The van der Waals surface area contributed by atoms with Crippen LogP contribution in [0.1, 0.15) is 251 Å². The van der Waals surface area contributed by atoms with Gasteiger partial charge in [-0.3, -0.25) is 18.6 Å². The first-order valence-electron chi connectivity index (χ1n) is 24.6. The molecule has 0 heterocycles. The molecule has 0 aliphatic rings. The molecule has 0 bridgehead atoms. The normalized spacial score (nSPS) is 13.7. The number of aliphatic carboxylic acids is 1. The van der Waals surface area contributed by atoms with E-state index in [4.69, 9.17) is 29.4 Å². The van der Waals surface area contributed by atoms with E-state index in [2.05, 4.69) is 13.8 Å². The molecule has 0 fully saturated rings. The lowest BCUT2D eigenvalue weighted by Crippen LogP contribution is -2.34. The lowest BCUT2D eigenvalue weighted by molar-refractivity contribution is -0.154. The Morgan fingerprint density at radius 2 is 0.793 bits per heavy atom. The molecule has 3 atom stereocenters. The number of unbranched alkanes of at least 4 members (excludes halogenated alkanes) is 34. The van der Waals surface area contributed by atoms with Gasteiger partial charge >= 0.3 is 19.8 Å². The molecule has 0 rings (SSSR count). The van der Waals surface area contributed by atoms with Gasteiger partial charge in [0.15, 0.2) is 0 Å². The van der Waals surface area contributed by atoms with Crippen molar-refractivity contribution in [2.24, 2.45) is 5.73 Å². The van der Waals surface area contributed by atoms with Crippen molar-refractivity contribution in [2.75, 3.05) is 26.4 Å². The summed E-state index contributed by atoms with van der Waals surface area (Å²) in [6.07, 6.45) is 45.9. The first-order valence-corrected chi connectivity index (χ1v) is 26.1. The standard InChI is InChI=1S/C47H94NO9P/c1-3-5-7-9-11-13-15-17-18-19-20-21-22-23-24-25-26-27-29-31-33-35-37-39-46(49)57-44(42-55-58(52,53)56-43-45(48)47(50)51)41-54-40-38-36-34-32-30-28-16-14-12-10-8-6-4-2/h44-45H,3-43,48H2,1-2H3,(H,50,51)(H,52,53). The topological polar surface area (TPSA) is 155 Å². The maximum Gasteiger partial charge on any atom is 0.472 e. The van der Waals surface area contributed by atoms with E-state index in [0.717, 1.165) is 38.5 Å². The van der Waals surface area contributed by atoms with Crippen LogP contribution < -0.4 is 5.73 Å². The summed E-state index contributed by atoms with van der Waals surface area (Å²) >= 11 is 0. The Morgan fingerprint density at radius 3 is 1.14 bits per heavy atom. The van der Waals surface area contributed by atoms with E-state index >= 15 is 0 Å². The van der Waals surface area contributed by atoms with Crippen LogP contribution in [0.3, 0.4) is 0 Å². The van der Waals surface area contributed by atoms with Crippen LogP contribution in [0.2, 0.25) is 0 Å². The summed E-state index contributed by atoms with van der Waals surface area (Å²) in [6, 6.07) is -1.47. The molecule has 0 radical (unpaired) electrons. The van der Waals surface area contributed by atoms with Gasteiger partial charge in [0.25, 0.3) is 0 Å². The first kappa shape index (κ1) is 57.0.